The molecule has 1 fully saturated rings. The number of carbonyl (C=O) groups excluding carboxylic acids is 1. The summed E-state index contributed by atoms with van der Waals surface area (Å²) in [5.41, 5.74) is -0.294. The lowest BCUT2D eigenvalue weighted by atomic mass is 9.70. The molecule has 0 atom stereocenters. The summed E-state index contributed by atoms with van der Waals surface area (Å²) in [7, 11) is 0. The van der Waals surface area contributed by atoms with Crippen molar-refractivity contribution >= 4 is 17.5 Å². The first-order valence-electron chi connectivity index (χ1n) is 3.73. The number of nitrogens with zero attached hydrogens (tertiary/aromatic N) is 1. The van der Waals surface area contributed by atoms with E-state index in [0.29, 0.717) is 12.8 Å². The van der Waals surface area contributed by atoms with Gasteiger partial charge in [-0.15, -0.1) is 0 Å². The second-order valence-electron chi connectivity index (χ2n) is 2.92. The largest absolute Gasteiger partial charge is 0.300 e. The quantitative estimate of drug-likeness (QED) is 0.644. The summed E-state index contributed by atoms with van der Waals surface area (Å²) in [5.74, 6) is 2.09. The molecule has 0 N–H and O–H groups in total. The number of carbonyl (C=O) groups is 1. The highest BCUT2D eigenvalue weighted by Gasteiger charge is 2.43. The maximum atomic E-state index is 10.7. The molecule has 0 saturated heterocycles. The molecule has 1 saturated carbocycles. The maximum Gasteiger partial charge on any atom is 0.136 e. The van der Waals surface area contributed by atoms with Crippen LogP contribution >= 0.6 is 11.8 Å². The summed E-state index contributed by atoms with van der Waals surface area (Å²) in [5, 5.41) is 8.77. The zero-order valence-corrected chi connectivity index (χ0v) is 7.41. The third-order valence-electron chi connectivity index (χ3n) is 1.89. The number of rotatable bonds is 3. The Morgan fingerprint density at radius 3 is 2.73 bits per heavy atom. The first-order valence-corrected chi connectivity index (χ1v) is 4.88. The van der Waals surface area contributed by atoms with Crippen LogP contribution in [0.1, 0.15) is 19.8 Å². The molecule has 0 aromatic carbocycles. The van der Waals surface area contributed by atoms with Crippen molar-refractivity contribution in [2.45, 2.75) is 19.8 Å². The van der Waals surface area contributed by atoms with Gasteiger partial charge in [-0.3, -0.25) is 4.79 Å². The van der Waals surface area contributed by atoms with Crippen LogP contribution in [0.4, 0.5) is 0 Å². The van der Waals surface area contributed by atoms with Crippen LogP contribution in [0, 0.1) is 16.7 Å². The molecule has 1 rings (SSSR count). The number of hydrogen-bond acceptors (Lipinski definition) is 3. The van der Waals surface area contributed by atoms with E-state index in [-0.39, 0.29) is 11.2 Å². The van der Waals surface area contributed by atoms with Gasteiger partial charge in [0.2, 0.25) is 0 Å². The van der Waals surface area contributed by atoms with Crippen molar-refractivity contribution in [1.29, 1.82) is 5.26 Å². The van der Waals surface area contributed by atoms with Crippen LogP contribution in [0.5, 0.6) is 0 Å². The van der Waals surface area contributed by atoms with Crippen LogP contribution in [0.15, 0.2) is 0 Å². The average Bonchev–Trinajstić information content (AvgIpc) is 1.96. The fraction of sp³-hybridized carbons (Fsp3) is 0.750. The molecule has 0 aromatic heterocycles. The molecular formula is C8H11NOS. The van der Waals surface area contributed by atoms with Crippen LogP contribution in [0.2, 0.25) is 0 Å². The van der Waals surface area contributed by atoms with Crippen molar-refractivity contribution in [3.05, 3.63) is 0 Å². The molecule has 0 amide bonds. The van der Waals surface area contributed by atoms with Gasteiger partial charge in [-0.05, 0) is 5.75 Å². The predicted molar refractivity (Wildman–Crippen MR) is 45.3 cm³/mol. The SMILES string of the molecule is CCSCC1(C#N)CC(=O)C1. The standard InChI is InChI=1S/C8H11NOS/c1-2-11-6-8(5-9)3-7(10)4-8/h2-4,6H2,1H3. The molecule has 0 heterocycles. The van der Waals surface area contributed by atoms with Gasteiger partial charge in [0.05, 0.1) is 11.5 Å². The summed E-state index contributed by atoms with van der Waals surface area (Å²) < 4.78 is 0. The van der Waals surface area contributed by atoms with E-state index in [9.17, 15) is 4.79 Å². The van der Waals surface area contributed by atoms with E-state index in [1.807, 2.05) is 0 Å². The second kappa shape index (κ2) is 3.27. The summed E-state index contributed by atoms with van der Waals surface area (Å²) in [6.45, 7) is 2.07. The molecule has 0 bridgehead atoms. The van der Waals surface area contributed by atoms with E-state index in [0.717, 1.165) is 11.5 Å². The molecule has 0 aromatic rings. The molecule has 1 aliphatic rings. The third kappa shape index (κ3) is 1.75. The number of thioether (sulfide) groups is 1. The number of hydrogen-bond donors (Lipinski definition) is 0. The minimum absolute atomic E-state index is 0.239. The molecule has 3 heteroatoms. The summed E-state index contributed by atoms with van der Waals surface area (Å²) >= 11 is 1.74. The summed E-state index contributed by atoms with van der Waals surface area (Å²) in [6, 6.07) is 2.24. The average molecular weight is 169 g/mol. The van der Waals surface area contributed by atoms with Crippen LogP contribution in [0.3, 0.4) is 0 Å². The van der Waals surface area contributed by atoms with Gasteiger partial charge in [-0.25, -0.2) is 0 Å². The van der Waals surface area contributed by atoms with E-state index in [2.05, 4.69) is 13.0 Å². The minimum atomic E-state index is -0.294. The van der Waals surface area contributed by atoms with Gasteiger partial charge in [0.1, 0.15) is 5.78 Å². The highest BCUT2D eigenvalue weighted by atomic mass is 32.2. The molecular weight excluding hydrogens is 158 g/mol. The number of Topliss-reactive ketones (excluding diaryl/α,β-unsaturated/α-hetero) is 1. The van der Waals surface area contributed by atoms with E-state index in [4.69, 9.17) is 5.26 Å². The van der Waals surface area contributed by atoms with Crippen molar-refractivity contribution in [3.8, 4) is 6.07 Å². The van der Waals surface area contributed by atoms with Crippen LogP contribution in [-0.2, 0) is 4.79 Å². The molecule has 60 valence electrons. The van der Waals surface area contributed by atoms with Crippen molar-refractivity contribution in [2.75, 3.05) is 11.5 Å². The van der Waals surface area contributed by atoms with Crippen molar-refractivity contribution in [1.82, 2.24) is 0 Å². The van der Waals surface area contributed by atoms with Crippen molar-refractivity contribution in [3.63, 3.8) is 0 Å². The van der Waals surface area contributed by atoms with Gasteiger partial charge >= 0.3 is 0 Å². The molecule has 11 heavy (non-hydrogen) atoms. The smallest absolute Gasteiger partial charge is 0.136 e. The Hall–Kier alpha value is -0.490. The van der Waals surface area contributed by atoms with Gasteiger partial charge in [-0.1, -0.05) is 6.92 Å². The normalized spacial score (nSPS) is 20.5. The van der Waals surface area contributed by atoms with E-state index in [1.165, 1.54) is 0 Å². The Kier molecular flexibility index (Phi) is 2.56. The van der Waals surface area contributed by atoms with E-state index >= 15 is 0 Å². The lowest BCUT2D eigenvalue weighted by Gasteiger charge is -2.32. The zero-order chi connectivity index (χ0) is 8.32. The third-order valence-corrected chi connectivity index (χ3v) is 3.06. The molecule has 0 radical (unpaired) electrons. The monoisotopic (exact) mass is 169 g/mol. The fourth-order valence-electron chi connectivity index (χ4n) is 1.21. The minimum Gasteiger partial charge on any atom is -0.300 e. The van der Waals surface area contributed by atoms with Gasteiger partial charge < -0.3 is 0 Å². The van der Waals surface area contributed by atoms with Gasteiger partial charge in [0.15, 0.2) is 0 Å². The number of ketones is 1. The summed E-state index contributed by atoms with van der Waals surface area (Å²) in [4.78, 5) is 10.7. The predicted octanol–water partition coefficient (Wildman–Crippen LogP) is 1.61. The maximum absolute atomic E-state index is 10.7. The van der Waals surface area contributed by atoms with Crippen LogP contribution in [0.25, 0.3) is 0 Å². The zero-order valence-electron chi connectivity index (χ0n) is 6.59. The molecule has 0 unspecified atom stereocenters. The van der Waals surface area contributed by atoms with E-state index in [1.54, 1.807) is 11.8 Å². The summed E-state index contributed by atoms with van der Waals surface area (Å²) in [6.07, 6.45) is 0.965. The highest BCUT2D eigenvalue weighted by molar-refractivity contribution is 7.99. The molecule has 0 aliphatic heterocycles. The number of nitriles is 1. The first-order chi connectivity index (χ1) is 5.22. The highest BCUT2D eigenvalue weighted by Crippen LogP contribution is 2.39. The van der Waals surface area contributed by atoms with Crippen LogP contribution < -0.4 is 0 Å². The van der Waals surface area contributed by atoms with Gasteiger partial charge in [-0.2, -0.15) is 17.0 Å². The fourth-order valence-corrected chi connectivity index (χ4v) is 2.08. The van der Waals surface area contributed by atoms with Crippen molar-refractivity contribution < 1.29 is 4.79 Å². The van der Waals surface area contributed by atoms with Gasteiger partial charge in [0, 0.05) is 18.6 Å². The Balaban J connectivity index is 2.39. The second-order valence-corrected chi connectivity index (χ2v) is 4.20. The Labute approximate surface area is 71.0 Å². The van der Waals surface area contributed by atoms with Crippen molar-refractivity contribution in [2.24, 2.45) is 5.41 Å². The van der Waals surface area contributed by atoms with Crippen LogP contribution in [-0.4, -0.2) is 17.3 Å². The Morgan fingerprint density at radius 2 is 2.36 bits per heavy atom. The lowest BCUT2D eigenvalue weighted by molar-refractivity contribution is -0.128. The first kappa shape index (κ1) is 8.61. The molecule has 2 nitrogen and oxygen atoms in total. The topological polar surface area (TPSA) is 40.9 Å². The van der Waals surface area contributed by atoms with E-state index < -0.39 is 0 Å². The van der Waals surface area contributed by atoms with Gasteiger partial charge in [0.25, 0.3) is 0 Å². The Morgan fingerprint density at radius 1 is 1.73 bits per heavy atom. The Bertz CT molecular complexity index is 199. The lowest BCUT2D eigenvalue weighted by Crippen LogP contribution is -2.38. The molecule has 1 aliphatic carbocycles. The molecule has 0 spiro atoms.